The van der Waals surface area contributed by atoms with Crippen LogP contribution in [-0.4, -0.2) is 48.9 Å². The van der Waals surface area contributed by atoms with Crippen molar-refractivity contribution in [2.45, 2.75) is 45.6 Å². The molecule has 5 heteroatoms. The lowest BCUT2D eigenvalue weighted by atomic mass is 10.1. The largest absolute Gasteiger partial charge is 0.356 e. The lowest BCUT2D eigenvalue weighted by molar-refractivity contribution is -0.134. The van der Waals surface area contributed by atoms with Gasteiger partial charge in [0.15, 0.2) is 0 Å². The molecule has 18 heavy (non-hydrogen) atoms. The van der Waals surface area contributed by atoms with E-state index in [0.29, 0.717) is 19.3 Å². The van der Waals surface area contributed by atoms with Crippen LogP contribution in [0.4, 0.5) is 0 Å². The van der Waals surface area contributed by atoms with E-state index in [0.717, 1.165) is 32.6 Å². The summed E-state index contributed by atoms with van der Waals surface area (Å²) < 4.78 is 0. The summed E-state index contributed by atoms with van der Waals surface area (Å²) in [6, 6.07) is 0.264. The minimum Gasteiger partial charge on any atom is -0.356 e. The molecule has 1 fully saturated rings. The van der Waals surface area contributed by atoms with Crippen molar-refractivity contribution in [3.8, 4) is 0 Å². The van der Waals surface area contributed by atoms with E-state index in [1.807, 2.05) is 11.8 Å². The molecule has 0 aromatic carbocycles. The van der Waals surface area contributed by atoms with E-state index in [1.165, 1.54) is 0 Å². The third-order valence-electron chi connectivity index (χ3n) is 3.19. The molecular weight excluding hydrogens is 230 g/mol. The van der Waals surface area contributed by atoms with Crippen LogP contribution < -0.4 is 10.6 Å². The first-order chi connectivity index (χ1) is 8.65. The number of nitrogens with zero attached hydrogens (tertiary/aromatic N) is 1. The number of hydrogen-bond donors (Lipinski definition) is 2. The summed E-state index contributed by atoms with van der Waals surface area (Å²) in [5.74, 6) is 0.227. The zero-order chi connectivity index (χ0) is 13.4. The van der Waals surface area contributed by atoms with Gasteiger partial charge in [-0.2, -0.15) is 0 Å². The van der Waals surface area contributed by atoms with Crippen LogP contribution in [0, 0.1) is 0 Å². The molecule has 0 aliphatic carbocycles. The zero-order valence-electron chi connectivity index (χ0n) is 11.5. The molecule has 2 amide bonds. The molecule has 0 aromatic heterocycles. The molecule has 1 heterocycles. The Bertz CT molecular complexity index is 281. The SMILES string of the molecule is CCCNC(=O)CCCC(=O)N1CCNCC1C. The average molecular weight is 255 g/mol. The van der Waals surface area contributed by atoms with Gasteiger partial charge in [0.05, 0.1) is 0 Å². The van der Waals surface area contributed by atoms with Gasteiger partial charge in [-0.15, -0.1) is 0 Å². The van der Waals surface area contributed by atoms with Crippen LogP contribution in [-0.2, 0) is 9.59 Å². The fraction of sp³-hybridized carbons (Fsp3) is 0.846. The number of hydrogen-bond acceptors (Lipinski definition) is 3. The standard InChI is InChI=1S/C13H25N3O2/c1-3-7-15-12(17)5-4-6-13(18)16-9-8-14-10-11(16)2/h11,14H,3-10H2,1-2H3,(H,15,17). The predicted molar refractivity (Wildman–Crippen MR) is 71.2 cm³/mol. The Labute approximate surface area is 109 Å². The molecule has 0 saturated carbocycles. The lowest BCUT2D eigenvalue weighted by Gasteiger charge is -2.34. The topological polar surface area (TPSA) is 61.4 Å². The summed E-state index contributed by atoms with van der Waals surface area (Å²) in [7, 11) is 0. The summed E-state index contributed by atoms with van der Waals surface area (Å²) in [6.07, 6.45) is 2.52. The van der Waals surface area contributed by atoms with Crippen molar-refractivity contribution in [3.05, 3.63) is 0 Å². The van der Waals surface area contributed by atoms with Crippen molar-refractivity contribution < 1.29 is 9.59 Å². The van der Waals surface area contributed by atoms with Gasteiger partial charge in [0.25, 0.3) is 0 Å². The van der Waals surface area contributed by atoms with Crippen LogP contribution in [0.3, 0.4) is 0 Å². The maximum atomic E-state index is 12.0. The average Bonchev–Trinajstić information content (AvgIpc) is 2.36. The Kier molecular flexibility index (Phi) is 6.72. The Hall–Kier alpha value is -1.10. The summed E-state index contributed by atoms with van der Waals surface area (Å²) >= 11 is 0. The van der Waals surface area contributed by atoms with Gasteiger partial charge >= 0.3 is 0 Å². The molecular formula is C13H25N3O2. The molecule has 5 nitrogen and oxygen atoms in total. The molecule has 0 spiro atoms. The molecule has 104 valence electrons. The third-order valence-corrected chi connectivity index (χ3v) is 3.19. The molecule has 1 atom stereocenters. The zero-order valence-corrected chi connectivity index (χ0v) is 11.5. The Morgan fingerprint density at radius 1 is 1.39 bits per heavy atom. The molecule has 1 rings (SSSR count). The van der Waals surface area contributed by atoms with Crippen LogP contribution >= 0.6 is 0 Å². The van der Waals surface area contributed by atoms with Gasteiger partial charge in [-0.05, 0) is 19.8 Å². The van der Waals surface area contributed by atoms with Crippen molar-refractivity contribution in [2.24, 2.45) is 0 Å². The summed E-state index contributed by atoms with van der Waals surface area (Å²) in [5, 5.41) is 6.08. The van der Waals surface area contributed by atoms with Gasteiger partial charge in [0, 0.05) is 45.1 Å². The van der Waals surface area contributed by atoms with Crippen molar-refractivity contribution in [1.29, 1.82) is 0 Å². The van der Waals surface area contributed by atoms with E-state index in [2.05, 4.69) is 17.6 Å². The third kappa shape index (κ3) is 5.04. The number of piperazine rings is 1. The van der Waals surface area contributed by atoms with Crippen molar-refractivity contribution in [2.75, 3.05) is 26.2 Å². The Morgan fingerprint density at radius 3 is 2.83 bits per heavy atom. The molecule has 1 aliphatic heterocycles. The van der Waals surface area contributed by atoms with E-state index < -0.39 is 0 Å². The van der Waals surface area contributed by atoms with Gasteiger partial charge in [0.1, 0.15) is 0 Å². The number of rotatable bonds is 6. The second kappa shape index (κ2) is 8.08. The highest BCUT2D eigenvalue weighted by Crippen LogP contribution is 2.07. The van der Waals surface area contributed by atoms with E-state index in [-0.39, 0.29) is 17.9 Å². The van der Waals surface area contributed by atoms with Crippen LogP contribution in [0.25, 0.3) is 0 Å². The summed E-state index contributed by atoms with van der Waals surface area (Å²) in [4.78, 5) is 25.3. The van der Waals surface area contributed by atoms with Gasteiger partial charge in [-0.3, -0.25) is 9.59 Å². The second-order valence-corrected chi connectivity index (χ2v) is 4.84. The van der Waals surface area contributed by atoms with E-state index in [9.17, 15) is 9.59 Å². The monoisotopic (exact) mass is 255 g/mol. The molecule has 0 bridgehead atoms. The van der Waals surface area contributed by atoms with Gasteiger partial charge in [-0.1, -0.05) is 6.92 Å². The first-order valence-corrected chi connectivity index (χ1v) is 6.92. The summed E-state index contributed by atoms with van der Waals surface area (Å²) in [5.41, 5.74) is 0. The number of carbonyl (C=O) groups is 2. The lowest BCUT2D eigenvalue weighted by Crippen LogP contribution is -2.52. The molecule has 0 aromatic rings. The van der Waals surface area contributed by atoms with Crippen LogP contribution in [0.1, 0.15) is 39.5 Å². The van der Waals surface area contributed by atoms with Crippen LogP contribution in [0.2, 0.25) is 0 Å². The minimum absolute atomic E-state index is 0.0537. The van der Waals surface area contributed by atoms with Crippen molar-refractivity contribution in [3.63, 3.8) is 0 Å². The molecule has 1 unspecified atom stereocenters. The summed E-state index contributed by atoms with van der Waals surface area (Å²) in [6.45, 7) is 7.31. The molecule has 0 radical (unpaired) electrons. The van der Waals surface area contributed by atoms with Gasteiger partial charge in [0.2, 0.25) is 11.8 Å². The minimum atomic E-state index is 0.0537. The molecule has 2 N–H and O–H groups in total. The predicted octanol–water partition coefficient (Wildman–Crippen LogP) is 0.503. The fourth-order valence-electron chi connectivity index (χ4n) is 2.11. The first-order valence-electron chi connectivity index (χ1n) is 6.92. The normalized spacial score (nSPS) is 19.7. The highest BCUT2D eigenvalue weighted by Gasteiger charge is 2.22. The van der Waals surface area contributed by atoms with E-state index in [4.69, 9.17) is 0 Å². The van der Waals surface area contributed by atoms with Crippen molar-refractivity contribution in [1.82, 2.24) is 15.5 Å². The Morgan fingerprint density at radius 2 is 2.17 bits per heavy atom. The van der Waals surface area contributed by atoms with E-state index in [1.54, 1.807) is 0 Å². The fourth-order valence-corrected chi connectivity index (χ4v) is 2.11. The maximum absolute atomic E-state index is 12.0. The van der Waals surface area contributed by atoms with Crippen LogP contribution in [0.15, 0.2) is 0 Å². The van der Waals surface area contributed by atoms with Gasteiger partial charge in [-0.25, -0.2) is 0 Å². The first kappa shape index (κ1) is 15.0. The Balaban J connectivity index is 2.18. The highest BCUT2D eigenvalue weighted by molar-refractivity contribution is 5.79. The molecule has 1 saturated heterocycles. The second-order valence-electron chi connectivity index (χ2n) is 4.84. The maximum Gasteiger partial charge on any atom is 0.222 e. The van der Waals surface area contributed by atoms with Gasteiger partial charge < -0.3 is 15.5 Å². The smallest absolute Gasteiger partial charge is 0.222 e. The molecule has 1 aliphatic rings. The van der Waals surface area contributed by atoms with Crippen molar-refractivity contribution >= 4 is 11.8 Å². The van der Waals surface area contributed by atoms with Crippen LogP contribution in [0.5, 0.6) is 0 Å². The number of amides is 2. The number of nitrogens with one attached hydrogen (secondary N) is 2. The quantitative estimate of drug-likeness (QED) is 0.726. The number of carbonyl (C=O) groups excluding carboxylic acids is 2. The van der Waals surface area contributed by atoms with E-state index >= 15 is 0 Å². The highest BCUT2D eigenvalue weighted by atomic mass is 16.2.